The Bertz CT molecular complexity index is 662. The molecule has 2 rings (SSSR count). The summed E-state index contributed by atoms with van der Waals surface area (Å²) in [6.45, 7) is 1.56. The number of anilines is 1. The first-order chi connectivity index (χ1) is 9.77. The molecule has 0 aliphatic carbocycles. The van der Waals surface area contributed by atoms with Crippen LogP contribution < -0.4 is 5.32 Å². The molecule has 0 bridgehead atoms. The monoisotopic (exact) mass is 297 g/mol. The smallest absolute Gasteiger partial charge is 0.322 e. The van der Waals surface area contributed by atoms with Crippen molar-refractivity contribution < 1.29 is 22.4 Å². The van der Waals surface area contributed by atoms with Crippen LogP contribution in [0.3, 0.4) is 0 Å². The van der Waals surface area contributed by atoms with Gasteiger partial charge in [0.1, 0.15) is 5.82 Å². The number of carbonyl (C=O) groups excluding carboxylic acids is 1. The van der Waals surface area contributed by atoms with E-state index in [1.165, 1.54) is 12.1 Å². The van der Waals surface area contributed by atoms with Gasteiger partial charge in [0.2, 0.25) is 0 Å². The Balaban J connectivity index is 2.14. The van der Waals surface area contributed by atoms with Gasteiger partial charge in [0.15, 0.2) is 0 Å². The predicted molar refractivity (Wildman–Crippen MR) is 70.5 cm³/mol. The van der Waals surface area contributed by atoms with E-state index in [-0.39, 0.29) is 11.3 Å². The van der Waals surface area contributed by atoms with E-state index in [0.717, 1.165) is 30.3 Å². The van der Waals surface area contributed by atoms with Gasteiger partial charge in [0.25, 0.3) is 5.91 Å². The molecule has 0 aliphatic rings. The van der Waals surface area contributed by atoms with Crippen LogP contribution in [0.25, 0.3) is 0 Å². The number of hydrogen-bond acceptors (Lipinski definition) is 1. The minimum atomic E-state index is -4.43. The average Bonchev–Trinajstić information content (AvgIpc) is 2.41. The predicted octanol–water partition coefficient (Wildman–Crippen LogP) is 4.41. The molecule has 0 saturated heterocycles. The number of halogens is 4. The lowest BCUT2D eigenvalue weighted by Crippen LogP contribution is -2.12. The molecule has 1 amide bonds. The van der Waals surface area contributed by atoms with Crippen LogP contribution in [0, 0.1) is 12.7 Å². The first-order valence-corrected chi connectivity index (χ1v) is 6.02. The van der Waals surface area contributed by atoms with Crippen LogP contribution >= 0.6 is 0 Å². The van der Waals surface area contributed by atoms with Gasteiger partial charge < -0.3 is 5.32 Å². The minimum absolute atomic E-state index is 0.0954. The molecule has 0 aromatic heterocycles. The normalized spacial score (nSPS) is 11.3. The van der Waals surface area contributed by atoms with Crippen LogP contribution in [0.15, 0.2) is 42.5 Å². The quantitative estimate of drug-likeness (QED) is 0.818. The van der Waals surface area contributed by atoms with Crippen molar-refractivity contribution in [3.63, 3.8) is 0 Å². The lowest BCUT2D eigenvalue weighted by Gasteiger charge is -2.09. The average molecular weight is 297 g/mol. The maximum atomic E-state index is 13.4. The molecule has 0 atom stereocenters. The first kappa shape index (κ1) is 15.0. The molecule has 0 unspecified atom stereocenters. The third-order valence-corrected chi connectivity index (χ3v) is 2.90. The van der Waals surface area contributed by atoms with E-state index in [0.29, 0.717) is 5.56 Å². The topological polar surface area (TPSA) is 29.1 Å². The van der Waals surface area contributed by atoms with E-state index >= 15 is 0 Å². The third kappa shape index (κ3) is 3.59. The summed E-state index contributed by atoms with van der Waals surface area (Å²) >= 11 is 0. The van der Waals surface area contributed by atoms with Gasteiger partial charge in [0.05, 0.1) is 5.56 Å². The fourth-order valence-electron chi connectivity index (χ4n) is 1.68. The second-order valence-electron chi connectivity index (χ2n) is 4.49. The first-order valence-electron chi connectivity index (χ1n) is 6.02. The van der Waals surface area contributed by atoms with Crippen LogP contribution in [-0.4, -0.2) is 5.91 Å². The Morgan fingerprint density at radius 2 is 1.67 bits per heavy atom. The van der Waals surface area contributed by atoms with Crippen LogP contribution in [0.1, 0.15) is 21.5 Å². The SMILES string of the molecule is Cc1ccc(C(=O)Nc2ccc(C(F)(F)F)cc2)cc1F. The van der Waals surface area contributed by atoms with Crippen molar-refractivity contribution in [2.24, 2.45) is 0 Å². The van der Waals surface area contributed by atoms with Crippen LogP contribution in [0.4, 0.5) is 23.2 Å². The van der Waals surface area contributed by atoms with Gasteiger partial charge in [-0.05, 0) is 48.9 Å². The molecule has 2 nitrogen and oxygen atoms in total. The fourth-order valence-corrected chi connectivity index (χ4v) is 1.68. The van der Waals surface area contributed by atoms with Crippen molar-refractivity contribution >= 4 is 11.6 Å². The molecule has 0 aliphatic heterocycles. The second-order valence-corrected chi connectivity index (χ2v) is 4.49. The number of amides is 1. The molecule has 0 spiro atoms. The summed E-state index contributed by atoms with van der Waals surface area (Å²) in [7, 11) is 0. The highest BCUT2D eigenvalue weighted by Crippen LogP contribution is 2.29. The highest BCUT2D eigenvalue weighted by molar-refractivity contribution is 6.04. The summed E-state index contributed by atoms with van der Waals surface area (Å²) < 4.78 is 50.6. The lowest BCUT2D eigenvalue weighted by molar-refractivity contribution is -0.137. The van der Waals surface area contributed by atoms with E-state index in [2.05, 4.69) is 5.32 Å². The Morgan fingerprint density at radius 3 is 2.19 bits per heavy atom. The van der Waals surface area contributed by atoms with Gasteiger partial charge in [-0.1, -0.05) is 6.07 Å². The summed E-state index contributed by atoms with van der Waals surface area (Å²) in [4.78, 5) is 11.9. The molecule has 0 radical (unpaired) electrons. The third-order valence-electron chi connectivity index (χ3n) is 2.90. The Kier molecular flexibility index (Phi) is 3.97. The fraction of sp³-hybridized carbons (Fsp3) is 0.133. The van der Waals surface area contributed by atoms with Gasteiger partial charge in [-0.3, -0.25) is 4.79 Å². The van der Waals surface area contributed by atoms with Crippen molar-refractivity contribution in [1.82, 2.24) is 0 Å². The minimum Gasteiger partial charge on any atom is -0.322 e. The van der Waals surface area contributed by atoms with Gasteiger partial charge in [-0.25, -0.2) is 4.39 Å². The van der Waals surface area contributed by atoms with Gasteiger partial charge >= 0.3 is 6.18 Å². The molecular weight excluding hydrogens is 286 g/mol. The summed E-state index contributed by atoms with van der Waals surface area (Å²) in [5.41, 5.74) is -0.102. The largest absolute Gasteiger partial charge is 0.416 e. The van der Waals surface area contributed by atoms with E-state index in [1.54, 1.807) is 6.92 Å². The summed E-state index contributed by atoms with van der Waals surface area (Å²) in [6, 6.07) is 8.00. The van der Waals surface area contributed by atoms with Crippen molar-refractivity contribution in [2.45, 2.75) is 13.1 Å². The molecule has 2 aromatic rings. The number of hydrogen-bond donors (Lipinski definition) is 1. The zero-order chi connectivity index (χ0) is 15.6. The molecule has 110 valence electrons. The van der Waals surface area contributed by atoms with E-state index in [9.17, 15) is 22.4 Å². The molecule has 1 N–H and O–H groups in total. The standard InChI is InChI=1S/C15H11F4NO/c1-9-2-3-10(8-13(9)16)14(21)20-12-6-4-11(5-7-12)15(17,18)19/h2-8H,1H3,(H,20,21). The maximum Gasteiger partial charge on any atom is 0.416 e. The van der Waals surface area contributed by atoms with E-state index in [4.69, 9.17) is 0 Å². The summed E-state index contributed by atoms with van der Waals surface area (Å²) in [5.74, 6) is -1.11. The van der Waals surface area contributed by atoms with Crippen LogP contribution in [0.5, 0.6) is 0 Å². The number of aryl methyl sites for hydroxylation is 1. The molecule has 2 aromatic carbocycles. The Labute approximate surface area is 118 Å². The molecular formula is C15H11F4NO. The maximum absolute atomic E-state index is 13.4. The molecule has 21 heavy (non-hydrogen) atoms. The molecule has 6 heteroatoms. The number of nitrogens with one attached hydrogen (secondary N) is 1. The van der Waals surface area contributed by atoms with Crippen molar-refractivity contribution in [2.75, 3.05) is 5.32 Å². The zero-order valence-electron chi connectivity index (χ0n) is 11.0. The summed E-state index contributed by atoms with van der Waals surface area (Å²) in [5, 5.41) is 2.41. The van der Waals surface area contributed by atoms with E-state index < -0.39 is 23.5 Å². The number of rotatable bonds is 2. The van der Waals surface area contributed by atoms with Gasteiger partial charge in [-0.15, -0.1) is 0 Å². The number of benzene rings is 2. The number of alkyl halides is 3. The highest BCUT2D eigenvalue weighted by Gasteiger charge is 2.29. The van der Waals surface area contributed by atoms with Gasteiger partial charge in [0, 0.05) is 11.3 Å². The summed E-state index contributed by atoms with van der Waals surface area (Å²) in [6.07, 6.45) is -4.43. The molecule has 0 heterocycles. The van der Waals surface area contributed by atoms with Crippen LogP contribution in [0.2, 0.25) is 0 Å². The molecule has 0 saturated carbocycles. The second kappa shape index (κ2) is 5.55. The number of carbonyl (C=O) groups is 1. The van der Waals surface area contributed by atoms with E-state index in [1.807, 2.05) is 0 Å². The Morgan fingerprint density at radius 1 is 1.05 bits per heavy atom. The van der Waals surface area contributed by atoms with Crippen molar-refractivity contribution in [3.05, 3.63) is 65.0 Å². The van der Waals surface area contributed by atoms with Crippen molar-refractivity contribution in [1.29, 1.82) is 0 Å². The lowest BCUT2D eigenvalue weighted by atomic mass is 10.1. The van der Waals surface area contributed by atoms with Crippen LogP contribution in [-0.2, 0) is 6.18 Å². The van der Waals surface area contributed by atoms with Gasteiger partial charge in [-0.2, -0.15) is 13.2 Å². The molecule has 0 fully saturated rings. The Hall–Kier alpha value is -2.37. The highest BCUT2D eigenvalue weighted by atomic mass is 19.4. The van der Waals surface area contributed by atoms with Crippen molar-refractivity contribution in [3.8, 4) is 0 Å². The zero-order valence-corrected chi connectivity index (χ0v) is 11.0.